The predicted octanol–water partition coefficient (Wildman–Crippen LogP) is 1.37. The minimum atomic E-state index is -0.122. The number of hydrogen-bond acceptors (Lipinski definition) is 4. The Balaban J connectivity index is 2.16. The van der Waals surface area contributed by atoms with Crippen LogP contribution in [0.25, 0.3) is 0 Å². The van der Waals surface area contributed by atoms with Gasteiger partial charge in [-0.3, -0.25) is 10.1 Å². The first-order chi connectivity index (χ1) is 6.24. The second-order valence-corrected chi connectivity index (χ2v) is 5.23. The summed E-state index contributed by atoms with van der Waals surface area (Å²) in [6.45, 7) is 2.52. The molecular formula is C8H14BrNO2S. The van der Waals surface area contributed by atoms with Gasteiger partial charge in [0.15, 0.2) is 0 Å². The van der Waals surface area contributed by atoms with Crippen LogP contribution in [0, 0.1) is 0 Å². The number of ether oxygens (including phenoxy) is 1. The molecule has 2 atom stereocenters. The number of nitrogens with one attached hydrogen (secondary N) is 1. The van der Waals surface area contributed by atoms with E-state index >= 15 is 0 Å². The lowest BCUT2D eigenvalue weighted by atomic mass is 10.3. The van der Waals surface area contributed by atoms with Crippen molar-refractivity contribution in [2.75, 3.05) is 18.2 Å². The van der Waals surface area contributed by atoms with Crippen LogP contribution in [0.4, 0.5) is 0 Å². The largest absolute Gasteiger partial charge is 0.463 e. The zero-order valence-electron chi connectivity index (χ0n) is 7.59. The second kappa shape index (κ2) is 5.88. The molecule has 1 heterocycles. The summed E-state index contributed by atoms with van der Waals surface area (Å²) in [4.78, 5) is 11.6. The van der Waals surface area contributed by atoms with E-state index in [2.05, 4.69) is 28.2 Å². The lowest BCUT2D eigenvalue weighted by Gasteiger charge is -2.11. The molecule has 0 bridgehead atoms. The van der Waals surface area contributed by atoms with Crippen LogP contribution in [0.1, 0.15) is 13.3 Å². The molecule has 3 nitrogen and oxygen atoms in total. The third-order valence-electron chi connectivity index (χ3n) is 1.85. The summed E-state index contributed by atoms with van der Waals surface area (Å²) in [6, 6.07) is -0.0958. The molecule has 0 aromatic heterocycles. The third-order valence-corrected chi connectivity index (χ3v) is 3.70. The summed E-state index contributed by atoms with van der Waals surface area (Å²) >= 11 is 5.14. The molecule has 0 aromatic rings. The van der Waals surface area contributed by atoms with Gasteiger partial charge in [-0.25, -0.2) is 0 Å². The maximum absolute atomic E-state index is 11.3. The summed E-state index contributed by atoms with van der Waals surface area (Å²) in [6.07, 6.45) is 0.972. The first-order valence-electron chi connectivity index (χ1n) is 4.36. The zero-order valence-corrected chi connectivity index (χ0v) is 9.99. The highest BCUT2D eigenvalue weighted by molar-refractivity contribution is 9.09. The molecule has 0 radical (unpaired) electrons. The molecule has 76 valence electrons. The highest BCUT2D eigenvalue weighted by atomic mass is 79.9. The summed E-state index contributed by atoms with van der Waals surface area (Å²) < 4.78 is 5.12. The molecule has 0 spiro atoms. The van der Waals surface area contributed by atoms with Gasteiger partial charge < -0.3 is 4.74 Å². The van der Waals surface area contributed by atoms with Gasteiger partial charge in [0.2, 0.25) is 0 Å². The third kappa shape index (κ3) is 3.87. The number of carbonyl (C=O) groups excluding carboxylic acids is 1. The van der Waals surface area contributed by atoms with Crippen LogP contribution in [0.15, 0.2) is 0 Å². The van der Waals surface area contributed by atoms with Crippen molar-refractivity contribution in [1.82, 2.24) is 5.32 Å². The Morgan fingerprint density at radius 1 is 1.85 bits per heavy atom. The number of esters is 1. The molecule has 2 unspecified atom stereocenters. The van der Waals surface area contributed by atoms with E-state index in [1.54, 1.807) is 11.8 Å². The lowest BCUT2D eigenvalue weighted by Crippen LogP contribution is -2.35. The number of rotatable bonds is 4. The van der Waals surface area contributed by atoms with E-state index in [9.17, 15) is 4.79 Å². The normalized spacial score (nSPS) is 24.3. The van der Waals surface area contributed by atoms with Gasteiger partial charge in [-0.2, -0.15) is 0 Å². The maximum Gasteiger partial charge on any atom is 0.324 e. The van der Waals surface area contributed by atoms with Crippen LogP contribution in [0.5, 0.6) is 0 Å². The fraction of sp³-hybridized carbons (Fsp3) is 0.875. The summed E-state index contributed by atoms with van der Waals surface area (Å²) in [5, 5.41) is 3.07. The van der Waals surface area contributed by atoms with Gasteiger partial charge in [0.25, 0.3) is 0 Å². The monoisotopic (exact) mass is 267 g/mol. The van der Waals surface area contributed by atoms with Crippen molar-refractivity contribution in [3.05, 3.63) is 0 Å². The van der Waals surface area contributed by atoms with Crippen molar-refractivity contribution in [2.24, 2.45) is 0 Å². The van der Waals surface area contributed by atoms with Crippen molar-refractivity contribution in [2.45, 2.75) is 24.2 Å². The van der Waals surface area contributed by atoms with Crippen molar-refractivity contribution in [3.63, 3.8) is 0 Å². The van der Waals surface area contributed by atoms with Crippen molar-refractivity contribution in [1.29, 1.82) is 0 Å². The number of halogens is 1. The smallest absolute Gasteiger partial charge is 0.324 e. The lowest BCUT2D eigenvalue weighted by molar-refractivity contribution is -0.145. The van der Waals surface area contributed by atoms with Gasteiger partial charge in [-0.15, -0.1) is 11.8 Å². The Bertz CT molecular complexity index is 174. The SMILES string of the molecule is CCC(Br)COC(=O)C1CSCN1. The molecule has 1 saturated heterocycles. The highest BCUT2D eigenvalue weighted by Crippen LogP contribution is 2.11. The fourth-order valence-electron chi connectivity index (χ4n) is 0.938. The molecule has 0 saturated carbocycles. The van der Waals surface area contributed by atoms with Crippen LogP contribution >= 0.6 is 27.7 Å². The second-order valence-electron chi connectivity index (χ2n) is 2.91. The van der Waals surface area contributed by atoms with E-state index < -0.39 is 0 Å². The van der Waals surface area contributed by atoms with Crippen molar-refractivity contribution >= 4 is 33.7 Å². The predicted molar refractivity (Wildman–Crippen MR) is 58.2 cm³/mol. The standard InChI is InChI=1S/C8H14BrNO2S/c1-2-6(9)3-12-8(11)7-4-13-5-10-7/h6-7,10H,2-5H2,1H3. The van der Waals surface area contributed by atoms with Crippen molar-refractivity contribution in [3.8, 4) is 0 Å². The zero-order chi connectivity index (χ0) is 9.68. The minimum Gasteiger partial charge on any atom is -0.463 e. The highest BCUT2D eigenvalue weighted by Gasteiger charge is 2.24. The number of thioether (sulfide) groups is 1. The molecule has 1 N–H and O–H groups in total. The van der Waals surface area contributed by atoms with E-state index in [1.165, 1.54) is 0 Å². The molecule has 5 heteroatoms. The van der Waals surface area contributed by atoms with E-state index in [4.69, 9.17) is 4.74 Å². The Hall–Kier alpha value is 0.260. The average Bonchev–Trinajstić information content (AvgIpc) is 2.66. The molecular weight excluding hydrogens is 254 g/mol. The molecule has 1 aliphatic heterocycles. The Labute approximate surface area is 91.1 Å². The maximum atomic E-state index is 11.3. The number of carbonyl (C=O) groups is 1. The Kier molecular flexibility index (Phi) is 5.13. The summed E-state index contributed by atoms with van der Waals surface area (Å²) in [5.74, 6) is 1.56. The van der Waals surface area contributed by atoms with Crippen molar-refractivity contribution < 1.29 is 9.53 Å². The number of hydrogen-bond donors (Lipinski definition) is 1. The molecule has 1 rings (SSSR count). The topological polar surface area (TPSA) is 38.3 Å². The van der Waals surface area contributed by atoms with Crippen LogP contribution in [0.3, 0.4) is 0 Å². The fourth-order valence-corrected chi connectivity index (χ4v) is 2.00. The van der Waals surface area contributed by atoms with E-state index in [1.807, 2.05) is 0 Å². The minimum absolute atomic E-state index is 0.0958. The van der Waals surface area contributed by atoms with Gasteiger partial charge in [0, 0.05) is 16.5 Å². The summed E-state index contributed by atoms with van der Waals surface area (Å²) in [5.41, 5.74) is 0. The summed E-state index contributed by atoms with van der Waals surface area (Å²) in [7, 11) is 0. The molecule has 1 fully saturated rings. The first-order valence-corrected chi connectivity index (χ1v) is 6.43. The van der Waals surface area contributed by atoms with Crippen LogP contribution in [0.2, 0.25) is 0 Å². The molecule has 0 aromatic carbocycles. The molecule has 1 aliphatic rings. The molecule has 13 heavy (non-hydrogen) atoms. The average molecular weight is 268 g/mol. The van der Waals surface area contributed by atoms with E-state index in [0.29, 0.717) is 6.61 Å². The van der Waals surface area contributed by atoms with Gasteiger partial charge in [0.05, 0.1) is 0 Å². The quantitative estimate of drug-likeness (QED) is 0.617. The molecule has 0 aliphatic carbocycles. The van der Waals surface area contributed by atoms with Crippen LogP contribution in [-0.2, 0) is 9.53 Å². The van der Waals surface area contributed by atoms with Crippen LogP contribution in [-0.4, -0.2) is 35.1 Å². The Morgan fingerprint density at radius 3 is 3.15 bits per heavy atom. The van der Waals surface area contributed by atoms with Gasteiger partial charge in [0.1, 0.15) is 12.6 Å². The number of alkyl halides is 1. The van der Waals surface area contributed by atoms with Gasteiger partial charge in [-0.05, 0) is 6.42 Å². The van der Waals surface area contributed by atoms with Gasteiger partial charge in [-0.1, -0.05) is 22.9 Å². The molecule has 0 amide bonds. The first kappa shape index (κ1) is 11.3. The van der Waals surface area contributed by atoms with Crippen LogP contribution < -0.4 is 5.32 Å². The van der Waals surface area contributed by atoms with E-state index in [-0.39, 0.29) is 16.8 Å². The van der Waals surface area contributed by atoms with E-state index in [0.717, 1.165) is 18.1 Å². The van der Waals surface area contributed by atoms with Gasteiger partial charge >= 0.3 is 5.97 Å². The Morgan fingerprint density at radius 2 is 2.62 bits per heavy atom.